The number of anilines is 2. The van der Waals surface area contributed by atoms with Gasteiger partial charge < -0.3 is 30.5 Å². The van der Waals surface area contributed by atoms with Crippen LogP contribution >= 0.6 is 0 Å². The Morgan fingerprint density at radius 3 is 2.55 bits per heavy atom. The summed E-state index contributed by atoms with van der Waals surface area (Å²) in [6, 6.07) is 8.80. The van der Waals surface area contributed by atoms with Gasteiger partial charge in [0.2, 0.25) is 0 Å². The fraction of sp³-hybridized carbons (Fsp3) is 0.435. The van der Waals surface area contributed by atoms with E-state index in [9.17, 15) is 28.2 Å². The number of aliphatic hydroxyl groups is 2. The number of fused-ring (bicyclic) bond motifs is 1. The minimum absolute atomic E-state index is 0.00250. The molecule has 1 heterocycles. The number of alkyl halides is 3. The normalized spacial score (nSPS) is 21.0. The Labute approximate surface area is 189 Å². The van der Waals surface area contributed by atoms with Crippen LogP contribution in [0.25, 0.3) is 0 Å². The molecule has 1 aliphatic heterocycles. The smallest absolute Gasteiger partial charge is 0.418 e. The minimum Gasteiger partial charge on any atom is -0.494 e. The summed E-state index contributed by atoms with van der Waals surface area (Å²) in [5, 5.41) is 25.7. The van der Waals surface area contributed by atoms with Gasteiger partial charge >= 0.3 is 12.2 Å². The van der Waals surface area contributed by atoms with E-state index >= 15 is 0 Å². The zero-order valence-corrected chi connectivity index (χ0v) is 18.0. The second kappa shape index (κ2) is 9.11. The average Bonchev–Trinajstić information content (AvgIpc) is 3.41. The molecule has 178 valence electrons. The number of halogens is 3. The first-order valence-electron chi connectivity index (χ1n) is 10.7. The molecule has 0 spiro atoms. The number of nitrogens with one attached hydrogen (secondary N) is 2. The molecule has 33 heavy (non-hydrogen) atoms. The Balaban J connectivity index is 1.60. The summed E-state index contributed by atoms with van der Waals surface area (Å²) in [6.07, 6.45) is -6.36. The molecular formula is C23H26F3N3O4. The Morgan fingerprint density at radius 2 is 1.91 bits per heavy atom. The molecule has 1 unspecified atom stereocenters. The highest BCUT2D eigenvalue weighted by Gasteiger charge is 2.42. The number of rotatable bonds is 5. The van der Waals surface area contributed by atoms with Crippen LogP contribution < -0.4 is 20.3 Å². The third-order valence-corrected chi connectivity index (χ3v) is 6.14. The van der Waals surface area contributed by atoms with Crippen LogP contribution in [0.15, 0.2) is 36.4 Å². The lowest BCUT2D eigenvalue weighted by molar-refractivity contribution is -0.207. The Hall–Kier alpha value is -2.98. The van der Waals surface area contributed by atoms with Crippen LogP contribution in [0.5, 0.6) is 5.75 Å². The van der Waals surface area contributed by atoms with Gasteiger partial charge in [-0.15, -0.1) is 0 Å². The lowest BCUT2D eigenvalue weighted by Crippen LogP contribution is -2.40. The van der Waals surface area contributed by atoms with E-state index in [-0.39, 0.29) is 11.4 Å². The number of methoxy groups -OCH3 is 1. The van der Waals surface area contributed by atoms with E-state index in [1.54, 1.807) is 12.1 Å². The summed E-state index contributed by atoms with van der Waals surface area (Å²) in [4.78, 5) is 14.7. The fourth-order valence-electron chi connectivity index (χ4n) is 4.52. The van der Waals surface area contributed by atoms with E-state index in [0.29, 0.717) is 25.2 Å². The van der Waals surface area contributed by atoms with E-state index in [0.717, 1.165) is 24.0 Å². The van der Waals surface area contributed by atoms with Gasteiger partial charge in [-0.05, 0) is 42.5 Å². The molecule has 2 aromatic carbocycles. The first-order valence-corrected chi connectivity index (χ1v) is 10.7. The fourth-order valence-corrected chi connectivity index (χ4v) is 4.52. The molecule has 4 rings (SSSR count). The van der Waals surface area contributed by atoms with Gasteiger partial charge in [-0.1, -0.05) is 24.3 Å². The van der Waals surface area contributed by atoms with Crippen molar-refractivity contribution in [1.29, 1.82) is 0 Å². The average molecular weight is 465 g/mol. The van der Waals surface area contributed by atoms with Crippen molar-refractivity contribution in [2.24, 2.45) is 0 Å². The van der Waals surface area contributed by atoms with Gasteiger partial charge in [0.25, 0.3) is 0 Å². The molecule has 1 saturated heterocycles. The quantitative estimate of drug-likeness (QED) is 0.541. The molecule has 7 nitrogen and oxygen atoms in total. The van der Waals surface area contributed by atoms with Crippen molar-refractivity contribution in [3.63, 3.8) is 0 Å². The lowest BCUT2D eigenvalue weighted by Gasteiger charge is -2.25. The number of carbonyl (C=O) groups is 1. The maximum atomic E-state index is 13.4. The van der Waals surface area contributed by atoms with Crippen molar-refractivity contribution in [3.05, 3.63) is 53.1 Å². The summed E-state index contributed by atoms with van der Waals surface area (Å²) in [6.45, 7) is 1.32. The molecule has 1 aliphatic carbocycles. The van der Waals surface area contributed by atoms with Crippen LogP contribution in [0.3, 0.4) is 0 Å². The van der Waals surface area contributed by atoms with Gasteiger partial charge in [0, 0.05) is 24.3 Å². The zero-order chi connectivity index (χ0) is 23.8. The molecule has 2 aromatic rings. The van der Waals surface area contributed by atoms with Crippen molar-refractivity contribution in [1.82, 2.24) is 5.32 Å². The molecule has 0 bridgehead atoms. The molecule has 10 heteroatoms. The number of nitrogens with zero attached hydrogens (tertiary/aromatic N) is 1. The van der Waals surface area contributed by atoms with Gasteiger partial charge in [0.15, 0.2) is 6.10 Å². The molecule has 0 aromatic heterocycles. The maximum Gasteiger partial charge on any atom is 0.418 e. The monoisotopic (exact) mass is 465 g/mol. The van der Waals surface area contributed by atoms with Crippen molar-refractivity contribution in [2.75, 3.05) is 30.4 Å². The largest absolute Gasteiger partial charge is 0.494 e. The Kier molecular flexibility index (Phi) is 6.40. The Morgan fingerprint density at radius 1 is 1.21 bits per heavy atom. The number of hydrogen-bond donors (Lipinski definition) is 4. The third-order valence-electron chi connectivity index (χ3n) is 6.14. The van der Waals surface area contributed by atoms with Crippen molar-refractivity contribution < 1.29 is 32.9 Å². The molecule has 3 atom stereocenters. The van der Waals surface area contributed by atoms with Crippen LogP contribution in [0, 0.1) is 0 Å². The van der Waals surface area contributed by atoms with Gasteiger partial charge in [0.05, 0.1) is 24.9 Å². The first-order chi connectivity index (χ1) is 15.7. The van der Waals surface area contributed by atoms with Crippen molar-refractivity contribution >= 4 is 17.4 Å². The SMILES string of the molecule is COc1c(NC(=O)N[C@@H]2Cc3ccccc3[C@H]2O)cc(N2CCCC2)cc1C(O)C(F)(F)F. The third kappa shape index (κ3) is 4.72. The van der Waals surface area contributed by atoms with Gasteiger partial charge in [-0.25, -0.2) is 4.79 Å². The maximum absolute atomic E-state index is 13.4. The number of aliphatic hydroxyl groups excluding tert-OH is 2. The number of carbonyl (C=O) groups excluding carboxylic acids is 1. The molecule has 2 amide bonds. The first kappa shape index (κ1) is 23.2. The molecule has 1 fully saturated rings. The molecule has 4 N–H and O–H groups in total. The van der Waals surface area contributed by atoms with Crippen LogP contribution in [0.1, 0.15) is 41.7 Å². The van der Waals surface area contributed by atoms with Gasteiger partial charge in [0.1, 0.15) is 5.75 Å². The van der Waals surface area contributed by atoms with Gasteiger partial charge in [-0.2, -0.15) is 13.2 Å². The van der Waals surface area contributed by atoms with Crippen LogP contribution in [0.2, 0.25) is 0 Å². The summed E-state index contributed by atoms with van der Waals surface area (Å²) >= 11 is 0. The minimum atomic E-state index is -4.91. The zero-order valence-electron chi connectivity index (χ0n) is 18.0. The van der Waals surface area contributed by atoms with E-state index in [1.807, 2.05) is 17.0 Å². The molecule has 2 aliphatic rings. The summed E-state index contributed by atoms with van der Waals surface area (Å²) in [7, 11) is 1.18. The van der Waals surface area contributed by atoms with Crippen LogP contribution in [-0.4, -0.2) is 48.7 Å². The van der Waals surface area contributed by atoms with Gasteiger partial charge in [-0.3, -0.25) is 0 Å². The summed E-state index contributed by atoms with van der Waals surface area (Å²) in [5.74, 6) is -0.270. The van der Waals surface area contributed by atoms with Crippen molar-refractivity contribution in [2.45, 2.75) is 43.7 Å². The predicted molar refractivity (Wildman–Crippen MR) is 117 cm³/mol. The second-order valence-corrected chi connectivity index (χ2v) is 8.31. The van der Waals surface area contributed by atoms with Crippen LogP contribution in [0.4, 0.5) is 29.3 Å². The number of urea groups is 1. The number of hydrogen-bond acceptors (Lipinski definition) is 5. The van der Waals surface area contributed by atoms with E-state index < -0.39 is 36.0 Å². The highest BCUT2D eigenvalue weighted by molar-refractivity contribution is 5.92. The van der Waals surface area contributed by atoms with Crippen molar-refractivity contribution in [3.8, 4) is 5.75 Å². The summed E-state index contributed by atoms with van der Waals surface area (Å²) < 4.78 is 45.2. The molecule has 0 saturated carbocycles. The highest BCUT2D eigenvalue weighted by Crippen LogP contribution is 2.43. The lowest BCUT2D eigenvalue weighted by atomic mass is 10.0. The number of ether oxygens (including phenoxy) is 1. The van der Waals surface area contributed by atoms with E-state index in [2.05, 4.69) is 10.6 Å². The molecule has 0 radical (unpaired) electrons. The van der Waals surface area contributed by atoms with Crippen LogP contribution in [-0.2, 0) is 6.42 Å². The van der Waals surface area contributed by atoms with E-state index in [1.165, 1.54) is 19.2 Å². The van der Waals surface area contributed by atoms with E-state index in [4.69, 9.17) is 4.74 Å². The topological polar surface area (TPSA) is 94.1 Å². The summed E-state index contributed by atoms with van der Waals surface area (Å²) in [5.41, 5.74) is 1.63. The standard InChI is InChI=1S/C23H26F3N3O4/c1-33-20-16(21(31)23(24,25)26)11-14(29-8-4-5-9-29)12-18(20)28-22(32)27-17-10-13-6-2-3-7-15(13)19(17)30/h2-3,6-7,11-12,17,19,21,30-31H,4-5,8-10H2,1H3,(H2,27,28,32)/t17-,19-,21?/m1/s1. The highest BCUT2D eigenvalue weighted by atomic mass is 19.4. The molecular weight excluding hydrogens is 439 g/mol. The number of benzene rings is 2. The second-order valence-electron chi connectivity index (χ2n) is 8.31. The number of amides is 2. The Bertz CT molecular complexity index is 1020. The predicted octanol–water partition coefficient (Wildman–Crippen LogP) is 3.67.